The fourth-order valence-corrected chi connectivity index (χ4v) is 3.00. The molecule has 24 heavy (non-hydrogen) atoms. The average Bonchev–Trinajstić information content (AvgIpc) is 2.88. The number of amides is 2. The van der Waals surface area contributed by atoms with Gasteiger partial charge in [0.15, 0.2) is 5.13 Å². The zero-order valence-electron chi connectivity index (χ0n) is 13.5. The third-order valence-electron chi connectivity index (χ3n) is 3.60. The molecular formula is C16H17N5O2S. The van der Waals surface area contributed by atoms with Crippen molar-refractivity contribution in [2.45, 2.75) is 26.8 Å². The smallest absolute Gasteiger partial charge is 0.294 e. The molecule has 0 saturated heterocycles. The maximum atomic E-state index is 12.4. The van der Waals surface area contributed by atoms with Gasteiger partial charge in [0.05, 0.1) is 11.4 Å². The van der Waals surface area contributed by atoms with Crippen LogP contribution < -0.4 is 15.8 Å². The van der Waals surface area contributed by atoms with Gasteiger partial charge in [0.1, 0.15) is 6.04 Å². The Kier molecular flexibility index (Phi) is 4.30. The zero-order valence-corrected chi connectivity index (χ0v) is 14.3. The summed E-state index contributed by atoms with van der Waals surface area (Å²) in [5.74, 6) is -0.570. The minimum Gasteiger partial charge on any atom is -0.295 e. The lowest BCUT2D eigenvalue weighted by Gasteiger charge is -2.30. The molecule has 2 N–H and O–H groups in total. The van der Waals surface area contributed by atoms with Gasteiger partial charge in [0, 0.05) is 4.88 Å². The molecule has 0 bridgehead atoms. The quantitative estimate of drug-likeness (QED) is 0.893. The Labute approximate surface area is 143 Å². The predicted octanol–water partition coefficient (Wildman–Crippen LogP) is 2.04. The molecular weight excluding hydrogens is 326 g/mol. The van der Waals surface area contributed by atoms with Crippen molar-refractivity contribution in [3.63, 3.8) is 0 Å². The Bertz CT molecular complexity index is 796. The summed E-state index contributed by atoms with van der Waals surface area (Å²) in [6.07, 6.45) is 0. The fraction of sp³-hybridized carbons (Fsp3) is 0.250. The first-order valence-corrected chi connectivity index (χ1v) is 8.26. The number of benzene rings is 1. The topological polar surface area (TPSA) is 86.7 Å². The van der Waals surface area contributed by atoms with Crippen molar-refractivity contribution in [2.24, 2.45) is 4.99 Å². The number of carbonyl (C=O) groups excluding carboxylic acids is 2. The number of carbonyl (C=O) groups is 2. The normalized spacial score (nSPS) is 17.3. The van der Waals surface area contributed by atoms with Crippen molar-refractivity contribution in [2.75, 3.05) is 10.3 Å². The Hall–Kier alpha value is -2.74. The molecule has 0 unspecified atom stereocenters. The number of thiazole rings is 1. The number of rotatable bonds is 3. The maximum Gasteiger partial charge on any atom is 0.294 e. The van der Waals surface area contributed by atoms with Crippen LogP contribution in [0, 0.1) is 13.8 Å². The lowest BCUT2D eigenvalue weighted by atomic mass is 10.2. The van der Waals surface area contributed by atoms with Gasteiger partial charge >= 0.3 is 0 Å². The Morgan fingerprint density at radius 1 is 1.29 bits per heavy atom. The van der Waals surface area contributed by atoms with Crippen molar-refractivity contribution in [1.82, 2.24) is 10.4 Å². The van der Waals surface area contributed by atoms with Crippen LogP contribution in [0.15, 0.2) is 35.3 Å². The largest absolute Gasteiger partial charge is 0.295 e. The number of amidine groups is 1. The van der Waals surface area contributed by atoms with Crippen LogP contribution >= 0.6 is 11.3 Å². The molecule has 124 valence electrons. The van der Waals surface area contributed by atoms with Gasteiger partial charge in [-0.25, -0.2) is 15.0 Å². The molecule has 7 nitrogen and oxygen atoms in total. The first-order valence-electron chi connectivity index (χ1n) is 7.44. The van der Waals surface area contributed by atoms with E-state index in [0.717, 1.165) is 10.6 Å². The summed E-state index contributed by atoms with van der Waals surface area (Å²) < 4.78 is 0. The summed E-state index contributed by atoms with van der Waals surface area (Å²) in [6.45, 7) is 5.48. The van der Waals surface area contributed by atoms with Crippen LogP contribution in [0.2, 0.25) is 0 Å². The highest BCUT2D eigenvalue weighted by molar-refractivity contribution is 7.15. The van der Waals surface area contributed by atoms with E-state index >= 15 is 0 Å². The standard InChI is InChI=1S/C16H17N5O2S/c1-9-11(3)24-16(18-9)19-14(22)13-17-10(2)15(23)21(20-13)12-7-5-4-6-8-12/h4-8,10H,1-3H3,(H,17,20)(H,18,19,22)/t10-/m1/s1. The van der Waals surface area contributed by atoms with Crippen LogP contribution in [0.25, 0.3) is 0 Å². The van der Waals surface area contributed by atoms with E-state index in [-0.39, 0.29) is 11.7 Å². The lowest BCUT2D eigenvalue weighted by molar-refractivity contribution is -0.120. The minimum absolute atomic E-state index is 0.0801. The van der Waals surface area contributed by atoms with Crippen molar-refractivity contribution in [3.05, 3.63) is 40.9 Å². The van der Waals surface area contributed by atoms with E-state index in [1.54, 1.807) is 19.1 Å². The number of nitrogens with zero attached hydrogens (tertiary/aromatic N) is 3. The molecule has 2 heterocycles. The molecule has 0 saturated carbocycles. The summed E-state index contributed by atoms with van der Waals surface area (Å²) in [6, 6.07) is 8.42. The third-order valence-corrected chi connectivity index (χ3v) is 4.58. The summed E-state index contributed by atoms with van der Waals surface area (Å²) in [5, 5.41) is 4.57. The summed E-state index contributed by atoms with van der Waals surface area (Å²) >= 11 is 1.40. The van der Waals surface area contributed by atoms with Gasteiger partial charge in [0.25, 0.3) is 11.8 Å². The third kappa shape index (κ3) is 3.13. The second kappa shape index (κ2) is 6.40. The molecule has 0 fully saturated rings. The Balaban J connectivity index is 1.81. The van der Waals surface area contributed by atoms with Crippen LogP contribution in [0.4, 0.5) is 10.8 Å². The summed E-state index contributed by atoms with van der Waals surface area (Å²) in [4.78, 5) is 34.2. The molecule has 0 aliphatic carbocycles. The summed E-state index contributed by atoms with van der Waals surface area (Å²) in [7, 11) is 0. The van der Waals surface area contributed by atoms with Gasteiger partial charge in [-0.3, -0.25) is 20.3 Å². The monoisotopic (exact) mass is 343 g/mol. The molecule has 0 spiro atoms. The molecule has 2 amide bonds. The highest BCUT2D eigenvalue weighted by Crippen LogP contribution is 2.21. The molecule has 1 aromatic carbocycles. The van der Waals surface area contributed by atoms with Crippen LogP contribution in [0.3, 0.4) is 0 Å². The molecule has 2 aromatic rings. The van der Waals surface area contributed by atoms with E-state index in [2.05, 4.69) is 20.7 Å². The number of aromatic nitrogens is 1. The van der Waals surface area contributed by atoms with E-state index in [4.69, 9.17) is 0 Å². The molecule has 1 atom stereocenters. The second-order valence-electron chi connectivity index (χ2n) is 5.39. The van der Waals surface area contributed by atoms with Gasteiger partial charge in [-0.2, -0.15) is 0 Å². The highest BCUT2D eigenvalue weighted by Gasteiger charge is 2.30. The van der Waals surface area contributed by atoms with Crippen LogP contribution in [-0.2, 0) is 9.59 Å². The number of para-hydroxylation sites is 1. The van der Waals surface area contributed by atoms with Crippen molar-refractivity contribution in [1.29, 1.82) is 0 Å². The van der Waals surface area contributed by atoms with Crippen molar-refractivity contribution < 1.29 is 9.59 Å². The molecule has 0 radical (unpaired) electrons. The Morgan fingerprint density at radius 3 is 2.62 bits per heavy atom. The SMILES string of the molecule is Cc1nc(NC(=O)C2=N[C@H](C)C(=O)N(c3ccccc3)N2)sc1C. The highest BCUT2D eigenvalue weighted by atomic mass is 32.1. The van der Waals surface area contributed by atoms with E-state index in [0.29, 0.717) is 10.8 Å². The Morgan fingerprint density at radius 2 is 2.00 bits per heavy atom. The lowest BCUT2D eigenvalue weighted by Crippen LogP contribution is -2.57. The molecule has 3 rings (SSSR count). The number of hydrogen-bond acceptors (Lipinski definition) is 6. The molecule has 8 heteroatoms. The van der Waals surface area contributed by atoms with E-state index in [1.807, 2.05) is 32.0 Å². The van der Waals surface area contributed by atoms with Crippen molar-refractivity contribution in [3.8, 4) is 0 Å². The van der Waals surface area contributed by atoms with Gasteiger partial charge in [-0.05, 0) is 32.9 Å². The number of aliphatic imine (C=N–C) groups is 1. The molecule has 1 aromatic heterocycles. The zero-order chi connectivity index (χ0) is 17.3. The van der Waals surface area contributed by atoms with Crippen molar-refractivity contribution >= 4 is 39.8 Å². The van der Waals surface area contributed by atoms with E-state index in [1.165, 1.54) is 16.3 Å². The van der Waals surface area contributed by atoms with Gasteiger partial charge in [-0.15, -0.1) is 11.3 Å². The first-order chi connectivity index (χ1) is 11.5. The average molecular weight is 343 g/mol. The van der Waals surface area contributed by atoms with Gasteiger partial charge in [0.2, 0.25) is 5.84 Å². The second-order valence-corrected chi connectivity index (χ2v) is 6.59. The van der Waals surface area contributed by atoms with E-state index < -0.39 is 11.9 Å². The summed E-state index contributed by atoms with van der Waals surface area (Å²) in [5.41, 5.74) is 4.32. The number of aryl methyl sites for hydroxylation is 2. The van der Waals surface area contributed by atoms with Crippen LogP contribution in [0.1, 0.15) is 17.5 Å². The molecule has 1 aliphatic heterocycles. The fourth-order valence-electron chi connectivity index (χ4n) is 2.19. The minimum atomic E-state index is -0.646. The number of anilines is 2. The first kappa shape index (κ1) is 16.1. The van der Waals surface area contributed by atoms with Crippen LogP contribution in [0.5, 0.6) is 0 Å². The van der Waals surface area contributed by atoms with Gasteiger partial charge < -0.3 is 0 Å². The molecule has 1 aliphatic rings. The van der Waals surface area contributed by atoms with E-state index in [9.17, 15) is 9.59 Å². The number of hydrogen-bond donors (Lipinski definition) is 2. The predicted molar refractivity (Wildman–Crippen MR) is 94.2 cm³/mol. The number of nitrogens with one attached hydrogen (secondary N) is 2. The van der Waals surface area contributed by atoms with Gasteiger partial charge in [-0.1, -0.05) is 18.2 Å². The maximum absolute atomic E-state index is 12.4. The number of hydrazine groups is 1. The van der Waals surface area contributed by atoms with Crippen LogP contribution in [-0.4, -0.2) is 28.7 Å².